The molecule has 1 aromatic heterocycles. The molecule has 0 aliphatic carbocycles. The molecule has 1 amide bonds. The molecule has 1 rings (SSSR count). The Balaban J connectivity index is 2.42. The molecule has 0 saturated heterocycles. The zero-order chi connectivity index (χ0) is 12.8. The molecule has 0 saturated carbocycles. The lowest BCUT2D eigenvalue weighted by molar-refractivity contribution is -0.123. The van der Waals surface area contributed by atoms with Crippen LogP contribution in [0.3, 0.4) is 0 Å². The Labute approximate surface area is 107 Å². The summed E-state index contributed by atoms with van der Waals surface area (Å²) >= 11 is 1.63. The Morgan fingerprint density at radius 2 is 2.29 bits per heavy atom. The fraction of sp³-hybridized carbons (Fsp3) is 0.667. The second-order valence-electron chi connectivity index (χ2n) is 4.20. The molecule has 0 unspecified atom stereocenters. The van der Waals surface area contributed by atoms with Crippen molar-refractivity contribution in [2.45, 2.75) is 46.2 Å². The molecule has 1 aromatic rings. The van der Waals surface area contributed by atoms with Crippen LogP contribution in [0.2, 0.25) is 0 Å². The molecule has 0 fully saturated rings. The maximum atomic E-state index is 11.7. The second kappa shape index (κ2) is 6.71. The first kappa shape index (κ1) is 14.1. The summed E-state index contributed by atoms with van der Waals surface area (Å²) in [6.07, 6.45) is 3.75. The lowest BCUT2D eigenvalue weighted by atomic mass is 9.99. The van der Waals surface area contributed by atoms with Gasteiger partial charge in [0, 0.05) is 11.1 Å². The zero-order valence-corrected chi connectivity index (χ0v) is 11.5. The van der Waals surface area contributed by atoms with Gasteiger partial charge in [0.05, 0.1) is 12.6 Å². The Kier molecular flexibility index (Phi) is 5.58. The average Bonchev–Trinajstić information content (AvgIpc) is 2.81. The second-order valence-corrected chi connectivity index (χ2v) is 5.40. The van der Waals surface area contributed by atoms with Gasteiger partial charge in [-0.25, -0.2) is 4.98 Å². The summed E-state index contributed by atoms with van der Waals surface area (Å²) < 4.78 is 0. The smallest absolute Gasteiger partial charge is 0.237 e. The number of rotatable bonds is 6. The van der Waals surface area contributed by atoms with Crippen molar-refractivity contribution in [3.8, 4) is 0 Å². The number of aromatic nitrogens is 1. The van der Waals surface area contributed by atoms with Crippen molar-refractivity contribution in [1.29, 1.82) is 0 Å². The van der Waals surface area contributed by atoms with E-state index in [1.807, 2.05) is 20.0 Å². The highest BCUT2D eigenvalue weighted by Crippen LogP contribution is 2.13. The maximum Gasteiger partial charge on any atom is 0.237 e. The third-order valence-electron chi connectivity index (χ3n) is 2.92. The summed E-state index contributed by atoms with van der Waals surface area (Å²) in [4.78, 5) is 17.2. The van der Waals surface area contributed by atoms with Crippen LogP contribution in [-0.4, -0.2) is 16.9 Å². The fourth-order valence-corrected chi connectivity index (χ4v) is 2.19. The van der Waals surface area contributed by atoms with Gasteiger partial charge in [-0.2, -0.15) is 0 Å². The van der Waals surface area contributed by atoms with E-state index in [0.717, 1.165) is 17.8 Å². The molecule has 0 bridgehead atoms. The minimum absolute atomic E-state index is 0.0902. The van der Waals surface area contributed by atoms with Crippen LogP contribution in [0.15, 0.2) is 6.20 Å². The monoisotopic (exact) mass is 255 g/mol. The number of amides is 1. The number of thiazole rings is 1. The molecule has 0 aromatic carbocycles. The molecule has 0 aliphatic rings. The van der Waals surface area contributed by atoms with Gasteiger partial charge in [0.2, 0.25) is 5.91 Å². The number of nitrogens with two attached hydrogens (primary N) is 1. The van der Waals surface area contributed by atoms with Crippen LogP contribution in [0.25, 0.3) is 0 Å². The minimum Gasteiger partial charge on any atom is -0.348 e. The first-order valence-electron chi connectivity index (χ1n) is 6.05. The molecule has 1 heterocycles. The van der Waals surface area contributed by atoms with E-state index in [0.29, 0.717) is 6.54 Å². The van der Waals surface area contributed by atoms with Crippen molar-refractivity contribution >= 4 is 17.2 Å². The molecule has 17 heavy (non-hydrogen) atoms. The maximum absolute atomic E-state index is 11.7. The molecule has 0 aliphatic heterocycles. The summed E-state index contributed by atoms with van der Waals surface area (Å²) in [5.74, 6) is 0.116. The Morgan fingerprint density at radius 3 is 2.82 bits per heavy atom. The summed E-state index contributed by atoms with van der Waals surface area (Å²) in [7, 11) is 0. The number of nitrogens with zero attached hydrogens (tertiary/aromatic N) is 1. The highest BCUT2D eigenvalue weighted by molar-refractivity contribution is 7.11. The zero-order valence-electron chi connectivity index (χ0n) is 10.7. The van der Waals surface area contributed by atoms with E-state index in [9.17, 15) is 4.79 Å². The van der Waals surface area contributed by atoms with Crippen LogP contribution in [0.5, 0.6) is 0 Å². The minimum atomic E-state index is -0.425. The molecule has 3 N–H and O–H groups in total. The molecule has 0 radical (unpaired) electrons. The van der Waals surface area contributed by atoms with Crippen LogP contribution >= 0.6 is 11.3 Å². The molecular formula is C12H21N3OS. The van der Waals surface area contributed by atoms with Gasteiger partial charge >= 0.3 is 0 Å². The average molecular weight is 255 g/mol. The largest absolute Gasteiger partial charge is 0.348 e. The number of hydrogen-bond donors (Lipinski definition) is 2. The highest BCUT2D eigenvalue weighted by Gasteiger charge is 2.19. The third-order valence-corrected chi connectivity index (χ3v) is 4.07. The van der Waals surface area contributed by atoms with Crippen molar-refractivity contribution in [2.75, 3.05) is 0 Å². The lowest BCUT2D eigenvalue weighted by Gasteiger charge is -2.17. The standard InChI is InChI=1S/C12H21N3OS/c1-4-8(3)11(13)12(16)15-7-10-14-6-9(5-2)17-10/h6,8,11H,4-5,7,13H2,1-3H3,(H,15,16)/t8-,11-/m0/s1. The van der Waals surface area contributed by atoms with E-state index in [1.54, 1.807) is 11.3 Å². The van der Waals surface area contributed by atoms with E-state index in [4.69, 9.17) is 5.73 Å². The Morgan fingerprint density at radius 1 is 1.59 bits per heavy atom. The van der Waals surface area contributed by atoms with E-state index in [-0.39, 0.29) is 11.8 Å². The van der Waals surface area contributed by atoms with Crippen LogP contribution in [0.4, 0.5) is 0 Å². The van der Waals surface area contributed by atoms with Crippen LogP contribution in [0, 0.1) is 5.92 Å². The van der Waals surface area contributed by atoms with Crippen molar-refractivity contribution in [3.05, 3.63) is 16.1 Å². The molecule has 0 spiro atoms. The predicted octanol–water partition coefficient (Wildman–Crippen LogP) is 1.70. The predicted molar refractivity (Wildman–Crippen MR) is 70.8 cm³/mol. The number of hydrogen-bond acceptors (Lipinski definition) is 4. The van der Waals surface area contributed by atoms with Crippen molar-refractivity contribution < 1.29 is 4.79 Å². The fourth-order valence-electron chi connectivity index (χ4n) is 1.39. The van der Waals surface area contributed by atoms with Crippen molar-refractivity contribution in [2.24, 2.45) is 11.7 Å². The molecular weight excluding hydrogens is 234 g/mol. The molecule has 5 heteroatoms. The van der Waals surface area contributed by atoms with Crippen molar-refractivity contribution in [3.63, 3.8) is 0 Å². The number of carbonyl (C=O) groups excluding carboxylic acids is 1. The van der Waals surface area contributed by atoms with Gasteiger partial charge in [-0.05, 0) is 12.3 Å². The number of aryl methyl sites for hydroxylation is 1. The third kappa shape index (κ3) is 4.09. The summed E-state index contributed by atoms with van der Waals surface area (Å²) in [5, 5.41) is 3.77. The van der Waals surface area contributed by atoms with Gasteiger partial charge in [-0.1, -0.05) is 27.2 Å². The van der Waals surface area contributed by atoms with E-state index >= 15 is 0 Å². The molecule has 4 nitrogen and oxygen atoms in total. The van der Waals surface area contributed by atoms with Gasteiger partial charge in [0.25, 0.3) is 0 Å². The number of carbonyl (C=O) groups is 1. The van der Waals surface area contributed by atoms with Crippen LogP contribution < -0.4 is 11.1 Å². The first-order valence-corrected chi connectivity index (χ1v) is 6.87. The van der Waals surface area contributed by atoms with Crippen LogP contribution in [-0.2, 0) is 17.8 Å². The lowest BCUT2D eigenvalue weighted by Crippen LogP contribution is -2.44. The number of nitrogens with one attached hydrogen (secondary N) is 1. The SMILES string of the molecule is CCc1cnc(CNC(=O)[C@@H](N)[C@@H](C)CC)s1. The highest BCUT2D eigenvalue weighted by atomic mass is 32.1. The van der Waals surface area contributed by atoms with Gasteiger partial charge in [0.1, 0.15) is 5.01 Å². The van der Waals surface area contributed by atoms with Gasteiger partial charge < -0.3 is 11.1 Å². The molecule has 96 valence electrons. The van der Waals surface area contributed by atoms with Gasteiger partial charge in [-0.3, -0.25) is 4.79 Å². The molecule has 2 atom stereocenters. The van der Waals surface area contributed by atoms with Crippen LogP contribution in [0.1, 0.15) is 37.1 Å². The topological polar surface area (TPSA) is 68.0 Å². The normalized spacial score (nSPS) is 14.4. The quantitative estimate of drug-likeness (QED) is 0.813. The Bertz CT molecular complexity index is 364. The van der Waals surface area contributed by atoms with E-state index in [2.05, 4.69) is 17.2 Å². The van der Waals surface area contributed by atoms with E-state index in [1.165, 1.54) is 4.88 Å². The summed E-state index contributed by atoms with van der Waals surface area (Å²) in [5.41, 5.74) is 5.84. The van der Waals surface area contributed by atoms with Crippen molar-refractivity contribution in [1.82, 2.24) is 10.3 Å². The van der Waals surface area contributed by atoms with E-state index < -0.39 is 6.04 Å². The van der Waals surface area contributed by atoms with Gasteiger partial charge in [0.15, 0.2) is 0 Å². The van der Waals surface area contributed by atoms with Gasteiger partial charge in [-0.15, -0.1) is 11.3 Å². The first-order chi connectivity index (χ1) is 8.08. The summed E-state index contributed by atoms with van der Waals surface area (Å²) in [6, 6.07) is -0.425. The summed E-state index contributed by atoms with van der Waals surface area (Å²) in [6.45, 7) is 6.59. The Hall–Kier alpha value is -0.940.